The van der Waals surface area contributed by atoms with Crippen molar-refractivity contribution in [3.05, 3.63) is 29.8 Å². The van der Waals surface area contributed by atoms with Crippen LogP contribution in [0.5, 0.6) is 5.75 Å². The molecule has 0 fully saturated rings. The van der Waals surface area contributed by atoms with Gasteiger partial charge >= 0.3 is 12.0 Å². The zero-order valence-corrected chi connectivity index (χ0v) is 13.7. The number of amides is 2. The third kappa shape index (κ3) is 2.81. The number of para-hydroxylation sites is 1. The normalized spacial score (nSPS) is 20.1. The first kappa shape index (κ1) is 17.4. The van der Waals surface area contributed by atoms with Gasteiger partial charge in [-0.15, -0.1) is 0 Å². The Morgan fingerprint density at radius 1 is 1.29 bits per heavy atom. The molecule has 1 aromatic carbocycles. The highest BCUT2D eigenvalue weighted by molar-refractivity contribution is 6.34. The van der Waals surface area contributed by atoms with Crippen LogP contribution in [0.3, 0.4) is 0 Å². The van der Waals surface area contributed by atoms with E-state index < -0.39 is 23.4 Å². The number of Topliss-reactive ketones (excluding diaryl/α,β-unsaturated/α-hetero) is 1. The summed E-state index contributed by atoms with van der Waals surface area (Å²) in [6, 6.07) is 5.53. The Hall–Kier alpha value is -2.94. The first-order chi connectivity index (χ1) is 11.3. The first-order valence-electron chi connectivity index (χ1n) is 6.94. The van der Waals surface area contributed by atoms with Crippen molar-refractivity contribution in [1.29, 1.82) is 0 Å². The molecule has 0 saturated heterocycles. The van der Waals surface area contributed by atoms with Gasteiger partial charge in [0, 0.05) is 14.1 Å². The van der Waals surface area contributed by atoms with Crippen molar-refractivity contribution in [2.24, 2.45) is 5.16 Å². The lowest BCUT2D eigenvalue weighted by atomic mass is 9.86. The molecule has 1 aromatic rings. The number of ether oxygens (including phenoxy) is 1. The summed E-state index contributed by atoms with van der Waals surface area (Å²) in [6.45, 7) is 1.36. The maximum Gasteiger partial charge on any atom is 0.361 e. The van der Waals surface area contributed by atoms with Crippen LogP contribution in [0.1, 0.15) is 17.3 Å². The minimum Gasteiger partial charge on any atom is -0.423 e. The van der Waals surface area contributed by atoms with Crippen molar-refractivity contribution in [2.75, 3.05) is 21.2 Å². The van der Waals surface area contributed by atoms with Gasteiger partial charge in [-0.25, -0.2) is 19.9 Å². The molecule has 0 bridgehead atoms. The van der Waals surface area contributed by atoms with E-state index in [0.29, 0.717) is 0 Å². The van der Waals surface area contributed by atoms with Gasteiger partial charge in [0.1, 0.15) is 18.6 Å². The molecular weight excluding hydrogens is 318 g/mol. The number of hydroxylamine groups is 1. The van der Waals surface area contributed by atoms with Gasteiger partial charge in [0.25, 0.3) is 5.60 Å². The molecule has 0 radical (unpaired) electrons. The van der Waals surface area contributed by atoms with Crippen molar-refractivity contribution in [3.63, 3.8) is 0 Å². The van der Waals surface area contributed by atoms with E-state index in [2.05, 4.69) is 15.5 Å². The molecule has 9 nitrogen and oxygen atoms in total. The molecule has 1 aliphatic rings. The van der Waals surface area contributed by atoms with E-state index in [9.17, 15) is 14.4 Å². The fraction of sp³-hybridized carbons (Fsp3) is 0.333. The average molecular weight is 335 g/mol. The van der Waals surface area contributed by atoms with E-state index in [1.54, 1.807) is 12.1 Å². The number of oxime groups is 1. The Kier molecular flexibility index (Phi) is 4.84. The lowest BCUT2D eigenvalue weighted by molar-refractivity contribution is -0.154. The van der Waals surface area contributed by atoms with Crippen LogP contribution in [0.15, 0.2) is 29.4 Å². The van der Waals surface area contributed by atoms with Crippen LogP contribution in [0.2, 0.25) is 0 Å². The third-order valence-electron chi connectivity index (χ3n) is 3.38. The van der Waals surface area contributed by atoms with Gasteiger partial charge in [0.15, 0.2) is 0 Å². The Morgan fingerprint density at radius 3 is 2.58 bits per heavy atom. The molecule has 2 rings (SSSR count). The molecule has 0 aromatic heterocycles. The number of nitrogens with zero attached hydrogens (tertiary/aromatic N) is 2. The van der Waals surface area contributed by atoms with Crippen molar-refractivity contribution in [2.45, 2.75) is 12.5 Å². The Morgan fingerprint density at radius 2 is 1.96 bits per heavy atom. The minimum atomic E-state index is -2.27. The number of carbonyl (C=O) groups excluding carboxylic acids is 3. The predicted octanol–water partition coefficient (Wildman–Crippen LogP) is 0.752. The van der Waals surface area contributed by atoms with Crippen molar-refractivity contribution < 1.29 is 28.8 Å². The second-order valence-electron chi connectivity index (χ2n) is 5.16. The zero-order chi connectivity index (χ0) is 17.9. The number of benzene rings is 1. The molecule has 9 heteroatoms. The summed E-state index contributed by atoms with van der Waals surface area (Å²) in [4.78, 5) is 48.2. The summed E-state index contributed by atoms with van der Waals surface area (Å²) in [5.41, 5.74) is -0.206. The summed E-state index contributed by atoms with van der Waals surface area (Å²) in [7, 11) is 4.19. The Balaban J connectivity index is 2.50. The number of esters is 1. The number of ketones is 1. The van der Waals surface area contributed by atoms with E-state index >= 15 is 0 Å². The highest BCUT2D eigenvalue weighted by Gasteiger charge is 2.57. The van der Waals surface area contributed by atoms with Crippen molar-refractivity contribution in [3.8, 4) is 5.75 Å². The molecule has 1 heterocycles. The van der Waals surface area contributed by atoms with Crippen LogP contribution < -0.4 is 10.2 Å². The second kappa shape index (κ2) is 6.67. The quantitative estimate of drug-likeness (QED) is 0.286. The molecule has 1 atom stereocenters. The highest BCUT2D eigenvalue weighted by atomic mass is 16.7. The highest BCUT2D eigenvalue weighted by Crippen LogP contribution is 2.33. The molecule has 1 aliphatic heterocycles. The van der Waals surface area contributed by atoms with E-state index in [0.717, 1.165) is 0 Å². The van der Waals surface area contributed by atoms with Crippen LogP contribution in [0.25, 0.3) is 0 Å². The molecule has 1 unspecified atom stereocenters. The van der Waals surface area contributed by atoms with Gasteiger partial charge in [0.2, 0.25) is 5.78 Å². The molecular formula is C15H17N3O6. The van der Waals surface area contributed by atoms with Gasteiger partial charge in [-0.05, 0) is 19.1 Å². The molecule has 128 valence electrons. The number of fused-ring (bicyclic) bond motifs is 1. The molecule has 2 amide bonds. The first-order valence-corrected chi connectivity index (χ1v) is 6.94. The molecule has 0 aliphatic carbocycles. The minimum absolute atomic E-state index is 0.107. The number of rotatable bonds is 4. The summed E-state index contributed by atoms with van der Waals surface area (Å²) in [6.07, 6.45) is 0. The molecule has 1 N–H and O–H groups in total. The standard InChI is InChI=1S/C15H17N3O6/c1-9(16-22-4)15(24-17-14(21)18(2)3)12(19)10-7-5-6-8-11(10)23-13(15)20/h5-8H,1-4H3,(H,17,21). The predicted molar refractivity (Wildman–Crippen MR) is 82.6 cm³/mol. The zero-order valence-electron chi connectivity index (χ0n) is 13.7. The number of hydrogen-bond donors (Lipinski definition) is 1. The average Bonchev–Trinajstić information content (AvgIpc) is 2.54. The monoisotopic (exact) mass is 335 g/mol. The van der Waals surface area contributed by atoms with Gasteiger partial charge in [-0.2, -0.15) is 0 Å². The van der Waals surface area contributed by atoms with Gasteiger partial charge in [0.05, 0.1) is 5.56 Å². The molecule has 0 saturated carbocycles. The number of hydrogen-bond acceptors (Lipinski definition) is 7. The van der Waals surface area contributed by atoms with Gasteiger partial charge in [-0.1, -0.05) is 17.3 Å². The van der Waals surface area contributed by atoms with Gasteiger partial charge in [-0.3, -0.25) is 4.79 Å². The van der Waals surface area contributed by atoms with Gasteiger partial charge < -0.3 is 14.5 Å². The maximum absolute atomic E-state index is 12.9. The van der Waals surface area contributed by atoms with E-state index in [-0.39, 0.29) is 17.0 Å². The third-order valence-corrected chi connectivity index (χ3v) is 3.38. The summed E-state index contributed by atoms with van der Waals surface area (Å²) < 4.78 is 5.19. The van der Waals surface area contributed by atoms with Crippen LogP contribution in [-0.2, 0) is 14.5 Å². The van der Waals surface area contributed by atoms with E-state index in [1.807, 2.05) is 0 Å². The maximum atomic E-state index is 12.9. The Labute approximate surface area is 138 Å². The lowest BCUT2D eigenvalue weighted by Crippen LogP contribution is -2.62. The van der Waals surface area contributed by atoms with E-state index in [4.69, 9.17) is 9.57 Å². The smallest absolute Gasteiger partial charge is 0.361 e. The second-order valence-corrected chi connectivity index (χ2v) is 5.16. The van der Waals surface area contributed by atoms with E-state index in [1.165, 1.54) is 45.2 Å². The van der Waals surface area contributed by atoms with Crippen LogP contribution in [0.4, 0.5) is 4.79 Å². The number of carbonyl (C=O) groups is 3. The SMILES string of the molecule is CON=C(C)C1(ONC(=O)N(C)C)C(=O)Oc2ccccc2C1=O. The lowest BCUT2D eigenvalue weighted by Gasteiger charge is -2.32. The van der Waals surface area contributed by atoms with Crippen LogP contribution >= 0.6 is 0 Å². The number of urea groups is 1. The van der Waals surface area contributed by atoms with Crippen molar-refractivity contribution in [1.82, 2.24) is 10.4 Å². The van der Waals surface area contributed by atoms with Crippen molar-refractivity contribution >= 4 is 23.5 Å². The summed E-state index contributed by atoms with van der Waals surface area (Å²) in [5.74, 6) is -1.63. The largest absolute Gasteiger partial charge is 0.423 e. The summed E-state index contributed by atoms with van der Waals surface area (Å²) in [5, 5.41) is 3.62. The summed E-state index contributed by atoms with van der Waals surface area (Å²) >= 11 is 0. The Bertz CT molecular complexity index is 715. The van der Waals surface area contributed by atoms with Crippen LogP contribution in [0, 0.1) is 0 Å². The molecule has 0 spiro atoms. The molecule has 24 heavy (non-hydrogen) atoms. The van der Waals surface area contributed by atoms with Crippen LogP contribution in [-0.4, -0.2) is 55.2 Å². The fourth-order valence-electron chi connectivity index (χ4n) is 2.08. The fourth-order valence-corrected chi connectivity index (χ4v) is 2.08. The topological polar surface area (TPSA) is 107 Å². The number of nitrogens with one attached hydrogen (secondary N) is 1.